The molecular weight excluding hydrogens is 472 g/mol. The maximum Gasteiger partial charge on any atom is 0.152 e. The predicted molar refractivity (Wildman–Crippen MR) is 113 cm³/mol. The number of halogens is 2. The Balaban J connectivity index is 1.63. The summed E-state index contributed by atoms with van der Waals surface area (Å²) in [6.45, 7) is 0. The molecule has 2 N–H and O–H groups in total. The standard InChI is InChI=1S/C22H20Br2O3/c23-21(15-7-3-1-4-8-15)13-11-17(19(21)25)27-18-12-14-22(24,20(18)26)16-9-5-2-6-10-16/h1-10,25-26H,11-14H2. The highest BCUT2D eigenvalue weighted by Gasteiger charge is 2.45. The smallest absolute Gasteiger partial charge is 0.152 e. The van der Waals surface area contributed by atoms with Gasteiger partial charge in [-0.15, -0.1) is 0 Å². The van der Waals surface area contributed by atoms with E-state index < -0.39 is 8.65 Å². The Morgan fingerprint density at radius 1 is 0.667 bits per heavy atom. The largest absolute Gasteiger partial charge is 0.507 e. The van der Waals surface area contributed by atoms with E-state index in [1.807, 2.05) is 60.7 Å². The third-order valence-electron chi connectivity index (χ3n) is 5.38. The first-order valence-corrected chi connectivity index (χ1v) is 10.6. The highest BCUT2D eigenvalue weighted by Crippen LogP contribution is 2.53. The van der Waals surface area contributed by atoms with Crippen LogP contribution in [0.1, 0.15) is 36.8 Å². The third-order valence-corrected chi connectivity index (χ3v) is 7.84. The van der Waals surface area contributed by atoms with Crippen molar-refractivity contribution in [2.75, 3.05) is 0 Å². The maximum absolute atomic E-state index is 10.8. The summed E-state index contributed by atoms with van der Waals surface area (Å²) in [6.07, 6.45) is 2.60. The molecule has 0 amide bonds. The molecule has 140 valence electrons. The summed E-state index contributed by atoms with van der Waals surface area (Å²) in [5, 5.41) is 21.7. The van der Waals surface area contributed by atoms with Gasteiger partial charge in [0.15, 0.2) is 11.5 Å². The summed E-state index contributed by atoms with van der Waals surface area (Å²) in [5.74, 6) is 1.39. The zero-order valence-electron chi connectivity index (χ0n) is 14.7. The molecule has 4 rings (SSSR count). The van der Waals surface area contributed by atoms with E-state index in [9.17, 15) is 10.2 Å². The Bertz CT molecular complexity index is 832. The van der Waals surface area contributed by atoms with Crippen molar-refractivity contribution in [1.29, 1.82) is 0 Å². The van der Waals surface area contributed by atoms with Gasteiger partial charge in [-0.2, -0.15) is 0 Å². The fourth-order valence-corrected chi connectivity index (χ4v) is 5.17. The van der Waals surface area contributed by atoms with Crippen molar-refractivity contribution >= 4 is 31.9 Å². The topological polar surface area (TPSA) is 49.7 Å². The van der Waals surface area contributed by atoms with E-state index in [2.05, 4.69) is 31.9 Å². The summed E-state index contributed by atoms with van der Waals surface area (Å²) in [4.78, 5) is 0. The molecule has 0 saturated carbocycles. The molecule has 2 aliphatic rings. The molecule has 0 fully saturated rings. The Morgan fingerprint density at radius 2 is 1.04 bits per heavy atom. The van der Waals surface area contributed by atoms with Crippen LogP contribution in [-0.2, 0) is 13.4 Å². The molecule has 3 nitrogen and oxygen atoms in total. The molecule has 2 aliphatic carbocycles. The van der Waals surface area contributed by atoms with Crippen LogP contribution in [0.25, 0.3) is 0 Å². The highest BCUT2D eigenvalue weighted by molar-refractivity contribution is 9.10. The van der Waals surface area contributed by atoms with Crippen molar-refractivity contribution in [3.05, 3.63) is 94.8 Å². The molecule has 2 aromatic carbocycles. The number of allylic oxidation sites excluding steroid dienone is 4. The molecule has 0 bridgehead atoms. The Labute approximate surface area is 175 Å². The fourth-order valence-electron chi connectivity index (χ4n) is 3.80. The van der Waals surface area contributed by atoms with Gasteiger partial charge < -0.3 is 14.9 Å². The second-order valence-corrected chi connectivity index (χ2v) is 9.69. The predicted octanol–water partition coefficient (Wildman–Crippen LogP) is 6.71. The molecule has 0 spiro atoms. The minimum atomic E-state index is -0.636. The lowest BCUT2D eigenvalue weighted by Gasteiger charge is -2.22. The molecule has 2 atom stereocenters. The van der Waals surface area contributed by atoms with E-state index in [1.165, 1.54) is 0 Å². The van der Waals surface area contributed by atoms with Crippen LogP contribution in [0.4, 0.5) is 0 Å². The molecule has 0 aliphatic heterocycles. The van der Waals surface area contributed by atoms with Crippen molar-refractivity contribution in [2.24, 2.45) is 0 Å². The van der Waals surface area contributed by atoms with Crippen LogP contribution >= 0.6 is 31.9 Å². The third kappa shape index (κ3) is 3.11. The zero-order valence-corrected chi connectivity index (χ0v) is 17.8. The van der Waals surface area contributed by atoms with Gasteiger partial charge in [-0.3, -0.25) is 0 Å². The molecule has 27 heavy (non-hydrogen) atoms. The average molecular weight is 492 g/mol. The van der Waals surface area contributed by atoms with Crippen LogP contribution in [-0.4, -0.2) is 10.2 Å². The van der Waals surface area contributed by atoms with Crippen molar-refractivity contribution < 1.29 is 14.9 Å². The number of ether oxygens (including phenoxy) is 1. The van der Waals surface area contributed by atoms with Gasteiger partial charge in [0, 0.05) is 12.8 Å². The van der Waals surface area contributed by atoms with Crippen LogP contribution < -0.4 is 0 Å². The second-order valence-electron chi connectivity index (χ2n) is 6.98. The number of rotatable bonds is 4. The Kier molecular flexibility index (Phi) is 4.85. The Hall–Kier alpha value is -1.72. The minimum Gasteiger partial charge on any atom is -0.507 e. The molecule has 0 saturated heterocycles. The van der Waals surface area contributed by atoms with E-state index in [1.54, 1.807) is 0 Å². The van der Waals surface area contributed by atoms with Crippen LogP contribution in [0.3, 0.4) is 0 Å². The van der Waals surface area contributed by atoms with Gasteiger partial charge in [0.2, 0.25) is 0 Å². The monoisotopic (exact) mass is 490 g/mol. The van der Waals surface area contributed by atoms with Crippen LogP contribution in [0.2, 0.25) is 0 Å². The van der Waals surface area contributed by atoms with Crippen molar-refractivity contribution in [3.8, 4) is 0 Å². The summed E-state index contributed by atoms with van der Waals surface area (Å²) in [6, 6.07) is 19.7. The number of hydrogen-bond donors (Lipinski definition) is 2. The van der Waals surface area contributed by atoms with Gasteiger partial charge in [0.1, 0.15) is 20.2 Å². The van der Waals surface area contributed by atoms with Crippen LogP contribution in [0, 0.1) is 0 Å². The Morgan fingerprint density at radius 3 is 1.41 bits per heavy atom. The second kappa shape index (κ2) is 7.02. The zero-order chi connectivity index (χ0) is 19.1. The van der Waals surface area contributed by atoms with E-state index in [0.29, 0.717) is 37.2 Å². The number of benzene rings is 2. The summed E-state index contributed by atoms with van der Waals surface area (Å²) < 4.78 is 4.76. The minimum absolute atomic E-state index is 0.181. The molecule has 0 aromatic heterocycles. The van der Waals surface area contributed by atoms with Gasteiger partial charge in [-0.25, -0.2) is 0 Å². The number of hydrogen-bond acceptors (Lipinski definition) is 3. The first kappa shape index (κ1) is 18.6. The quantitative estimate of drug-likeness (QED) is 0.467. The summed E-state index contributed by atoms with van der Waals surface area (Å²) in [5.41, 5.74) is 1.98. The lowest BCUT2D eigenvalue weighted by atomic mass is 9.97. The molecule has 2 aromatic rings. The first-order valence-electron chi connectivity index (χ1n) is 8.97. The van der Waals surface area contributed by atoms with Crippen molar-refractivity contribution in [1.82, 2.24) is 0 Å². The van der Waals surface area contributed by atoms with E-state index >= 15 is 0 Å². The van der Waals surface area contributed by atoms with E-state index in [4.69, 9.17) is 4.74 Å². The van der Waals surface area contributed by atoms with Crippen LogP contribution in [0.5, 0.6) is 0 Å². The number of aliphatic hydroxyl groups excluding tert-OH is 2. The normalized spacial score (nSPS) is 28.1. The molecule has 0 radical (unpaired) electrons. The maximum atomic E-state index is 10.8. The van der Waals surface area contributed by atoms with Gasteiger partial charge >= 0.3 is 0 Å². The first-order chi connectivity index (χ1) is 12.9. The van der Waals surface area contributed by atoms with Crippen LogP contribution in [0.15, 0.2) is 83.7 Å². The van der Waals surface area contributed by atoms with Gasteiger partial charge in [0.25, 0.3) is 0 Å². The number of aliphatic hydroxyl groups is 2. The number of alkyl halides is 2. The van der Waals surface area contributed by atoms with Gasteiger partial charge in [0.05, 0.1) is 0 Å². The lowest BCUT2D eigenvalue weighted by Crippen LogP contribution is -2.17. The highest BCUT2D eigenvalue weighted by atomic mass is 79.9. The molecule has 2 unspecified atom stereocenters. The SMILES string of the molecule is OC1=C(OC2=C(O)C(Br)(c3ccccc3)CC2)CCC1(Br)c1ccccc1. The summed E-state index contributed by atoms with van der Waals surface area (Å²) >= 11 is 7.42. The van der Waals surface area contributed by atoms with Crippen molar-refractivity contribution in [2.45, 2.75) is 34.3 Å². The average Bonchev–Trinajstić information content (AvgIpc) is 3.17. The lowest BCUT2D eigenvalue weighted by molar-refractivity contribution is 0.235. The van der Waals surface area contributed by atoms with Gasteiger partial charge in [-0.1, -0.05) is 92.5 Å². The van der Waals surface area contributed by atoms with E-state index in [-0.39, 0.29) is 11.5 Å². The fraction of sp³-hybridized carbons (Fsp3) is 0.273. The molecule has 0 heterocycles. The molecular formula is C22H20Br2O3. The van der Waals surface area contributed by atoms with Gasteiger partial charge in [-0.05, 0) is 24.0 Å². The summed E-state index contributed by atoms with van der Waals surface area (Å²) in [7, 11) is 0. The molecule has 5 heteroatoms. The van der Waals surface area contributed by atoms with E-state index in [0.717, 1.165) is 11.1 Å². The van der Waals surface area contributed by atoms with Crippen molar-refractivity contribution in [3.63, 3.8) is 0 Å².